The molecule has 1 saturated heterocycles. The van der Waals surface area contributed by atoms with E-state index in [4.69, 9.17) is 16.3 Å². The number of nitrogens with one attached hydrogen (secondary N) is 1. The van der Waals surface area contributed by atoms with Crippen molar-refractivity contribution in [2.24, 2.45) is 5.92 Å². The first-order valence-corrected chi connectivity index (χ1v) is 5.63. The van der Waals surface area contributed by atoms with Gasteiger partial charge >= 0.3 is 0 Å². The first kappa shape index (κ1) is 11.4. The Morgan fingerprint density at radius 2 is 2.25 bits per heavy atom. The summed E-state index contributed by atoms with van der Waals surface area (Å²) < 4.78 is 5.21. The number of aromatic nitrogens is 1. The van der Waals surface area contributed by atoms with E-state index in [1.807, 2.05) is 0 Å². The van der Waals surface area contributed by atoms with Crippen molar-refractivity contribution < 1.29 is 9.53 Å². The van der Waals surface area contributed by atoms with Crippen LogP contribution in [0.25, 0.3) is 0 Å². The van der Waals surface area contributed by atoms with E-state index < -0.39 is 0 Å². The summed E-state index contributed by atoms with van der Waals surface area (Å²) in [4.78, 5) is 15.7. The highest BCUT2D eigenvalue weighted by atomic mass is 35.5. The van der Waals surface area contributed by atoms with Gasteiger partial charge in [0.1, 0.15) is 5.15 Å². The topological polar surface area (TPSA) is 51.2 Å². The SMILES string of the molecule is O=C(Nc1ccnc(Cl)c1)C1CCOCC1. The summed E-state index contributed by atoms with van der Waals surface area (Å²) in [6.07, 6.45) is 3.14. The lowest BCUT2D eigenvalue weighted by Crippen LogP contribution is -2.28. The Hall–Kier alpha value is -1.13. The van der Waals surface area contributed by atoms with E-state index in [9.17, 15) is 4.79 Å². The number of carbonyl (C=O) groups excluding carboxylic acids is 1. The third-order valence-corrected chi connectivity index (χ3v) is 2.79. The molecular weight excluding hydrogens is 228 g/mol. The molecule has 1 aromatic heterocycles. The number of anilines is 1. The zero-order chi connectivity index (χ0) is 11.4. The van der Waals surface area contributed by atoms with Gasteiger partial charge in [-0.15, -0.1) is 0 Å². The first-order chi connectivity index (χ1) is 7.75. The van der Waals surface area contributed by atoms with Crippen LogP contribution < -0.4 is 5.32 Å². The molecule has 5 heteroatoms. The molecule has 1 amide bonds. The summed E-state index contributed by atoms with van der Waals surface area (Å²) >= 11 is 5.73. The highest BCUT2D eigenvalue weighted by Gasteiger charge is 2.21. The number of amides is 1. The van der Waals surface area contributed by atoms with Gasteiger partial charge in [0.15, 0.2) is 0 Å². The Balaban J connectivity index is 1.96. The van der Waals surface area contributed by atoms with Crippen molar-refractivity contribution in [3.05, 3.63) is 23.5 Å². The van der Waals surface area contributed by atoms with E-state index in [2.05, 4.69) is 10.3 Å². The number of carbonyl (C=O) groups is 1. The summed E-state index contributed by atoms with van der Waals surface area (Å²) in [5.41, 5.74) is 0.691. The van der Waals surface area contributed by atoms with Crippen LogP contribution in [0.3, 0.4) is 0 Å². The molecule has 0 saturated carbocycles. The minimum absolute atomic E-state index is 0.0329. The quantitative estimate of drug-likeness (QED) is 0.806. The van der Waals surface area contributed by atoms with Crippen molar-refractivity contribution in [3.8, 4) is 0 Å². The molecule has 86 valence electrons. The van der Waals surface area contributed by atoms with Gasteiger partial charge in [-0.2, -0.15) is 0 Å². The standard InChI is InChI=1S/C11H13ClN2O2/c12-10-7-9(1-4-13-10)14-11(15)8-2-5-16-6-3-8/h1,4,7-8H,2-3,5-6H2,(H,13,14,15). The van der Waals surface area contributed by atoms with Crippen LogP contribution in [0.1, 0.15) is 12.8 Å². The van der Waals surface area contributed by atoms with Gasteiger partial charge in [-0.25, -0.2) is 4.98 Å². The van der Waals surface area contributed by atoms with Crippen molar-refractivity contribution in [1.29, 1.82) is 0 Å². The minimum atomic E-state index is 0.0329. The number of pyridine rings is 1. The van der Waals surface area contributed by atoms with Crippen LogP contribution in [0.15, 0.2) is 18.3 Å². The molecule has 0 radical (unpaired) electrons. The Kier molecular flexibility index (Phi) is 3.74. The Bertz CT molecular complexity index is 378. The number of ether oxygens (including phenoxy) is 1. The number of nitrogens with zero attached hydrogens (tertiary/aromatic N) is 1. The fourth-order valence-corrected chi connectivity index (χ4v) is 1.86. The maximum Gasteiger partial charge on any atom is 0.227 e. The Morgan fingerprint density at radius 1 is 1.50 bits per heavy atom. The number of halogens is 1. The smallest absolute Gasteiger partial charge is 0.227 e. The number of hydrogen-bond acceptors (Lipinski definition) is 3. The molecule has 1 aromatic rings. The molecule has 1 aliphatic heterocycles. The van der Waals surface area contributed by atoms with Gasteiger partial charge in [0.05, 0.1) is 0 Å². The minimum Gasteiger partial charge on any atom is -0.381 e. The fraction of sp³-hybridized carbons (Fsp3) is 0.455. The van der Waals surface area contributed by atoms with Crippen LogP contribution >= 0.6 is 11.6 Å². The van der Waals surface area contributed by atoms with E-state index in [0.717, 1.165) is 12.8 Å². The summed E-state index contributed by atoms with van der Waals surface area (Å²) in [7, 11) is 0. The molecule has 1 fully saturated rings. The zero-order valence-electron chi connectivity index (χ0n) is 8.78. The van der Waals surface area contributed by atoms with Crippen LogP contribution in [0.4, 0.5) is 5.69 Å². The molecule has 0 aliphatic carbocycles. The summed E-state index contributed by atoms with van der Waals surface area (Å²) in [6.45, 7) is 1.32. The van der Waals surface area contributed by atoms with Gasteiger partial charge in [0, 0.05) is 31.0 Å². The van der Waals surface area contributed by atoms with E-state index >= 15 is 0 Å². The average Bonchev–Trinajstić information content (AvgIpc) is 2.30. The maximum atomic E-state index is 11.8. The normalized spacial score (nSPS) is 17.1. The van der Waals surface area contributed by atoms with Crippen LogP contribution in [0.5, 0.6) is 0 Å². The summed E-state index contributed by atoms with van der Waals surface area (Å²) in [6, 6.07) is 3.36. The average molecular weight is 241 g/mol. The van der Waals surface area contributed by atoms with Gasteiger partial charge in [0.25, 0.3) is 0 Å². The zero-order valence-corrected chi connectivity index (χ0v) is 9.54. The number of rotatable bonds is 2. The molecule has 16 heavy (non-hydrogen) atoms. The van der Waals surface area contributed by atoms with Gasteiger partial charge < -0.3 is 10.1 Å². The van der Waals surface area contributed by atoms with Gasteiger partial charge in [-0.1, -0.05) is 11.6 Å². The summed E-state index contributed by atoms with van der Waals surface area (Å²) in [5.74, 6) is 0.0752. The largest absolute Gasteiger partial charge is 0.381 e. The second kappa shape index (κ2) is 5.27. The molecule has 1 N–H and O–H groups in total. The molecular formula is C11H13ClN2O2. The van der Waals surface area contributed by atoms with E-state index in [1.54, 1.807) is 18.3 Å². The lowest BCUT2D eigenvalue weighted by atomic mass is 9.99. The van der Waals surface area contributed by atoms with Crippen LogP contribution in [0, 0.1) is 5.92 Å². The predicted molar refractivity (Wildman–Crippen MR) is 61.4 cm³/mol. The van der Waals surface area contributed by atoms with Crippen molar-refractivity contribution in [2.45, 2.75) is 12.8 Å². The molecule has 0 aromatic carbocycles. The second-order valence-corrected chi connectivity index (χ2v) is 4.13. The maximum absolute atomic E-state index is 11.8. The fourth-order valence-electron chi connectivity index (χ4n) is 1.68. The van der Waals surface area contributed by atoms with Crippen LogP contribution in [0.2, 0.25) is 5.15 Å². The van der Waals surface area contributed by atoms with Crippen molar-refractivity contribution in [2.75, 3.05) is 18.5 Å². The Morgan fingerprint density at radius 3 is 2.94 bits per heavy atom. The number of hydrogen-bond donors (Lipinski definition) is 1. The molecule has 0 bridgehead atoms. The Labute approximate surface area is 99.0 Å². The lowest BCUT2D eigenvalue weighted by molar-refractivity contribution is -0.122. The van der Waals surface area contributed by atoms with Crippen molar-refractivity contribution >= 4 is 23.2 Å². The molecule has 0 unspecified atom stereocenters. The van der Waals surface area contributed by atoms with E-state index in [-0.39, 0.29) is 11.8 Å². The van der Waals surface area contributed by atoms with Crippen molar-refractivity contribution in [3.63, 3.8) is 0 Å². The molecule has 1 aliphatic rings. The highest BCUT2D eigenvalue weighted by Crippen LogP contribution is 2.18. The molecule has 0 atom stereocenters. The van der Waals surface area contributed by atoms with Crippen molar-refractivity contribution in [1.82, 2.24) is 4.98 Å². The lowest BCUT2D eigenvalue weighted by Gasteiger charge is -2.21. The second-order valence-electron chi connectivity index (χ2n) is 3.74. The van der Waals surface area contributed by atoms with E-state index in [1.165, 1.54) is 0 Å². The molecule has 4 nitrogen and oxygen atoms in total. The summed E-state index contributed by atoms with van der Waals surface area (Å²) in [5, 5.41) is 3.21. The van der Waals surface area contributed by atoms with Crippen LogP contribution in [-0.4, -0.2) is 24.1 Å². The third kappa shape index (κ3) is 2.93. The highest BCUT2D eigenvalue weighted by molar-refractivity contribution is 6.29. The molecule has 2 heterocycles. The van der Waals surface area contributed by atoms with Gasteiger partial charge in [-0.05, 0) is 25.0 Å². The van der Waals surface area contributed by atoms with E-state index in [0.29, 0.717) is 24.1 Å². The van der Waals surface area contributed by atoms with Crippen LogP contribution in [-0.2, 0) is 9.53 Å². The van der Waals surface area contributed by atoms with Gasteiger partial charge in [-0.3, -0.25) is 4.79 Å². The molecule has 0 spiro atoms. The van der Waals surface area contributed by atoms with Gasteiger partial charge in [0.2, 0.25) is 5.91 Å². The molecule has 2 rings (SSSR count). The monoisotopic (exact) mass is 240 g/mol. The first-order valence-electron chi connectivity index (χ1n) is 5.26. The predicted octanol–water partition coefficient (Wildman–Crippen LogP) is 2.10. The third-order valence-electron chi connectivity index (χ3n) is 2.59.